The first-order valence-electron chi connectivity index (χ1n) is 13.3. The topological polar surface area (TPSA) is 195 Å². The summed E-state index contributed by atoms with van der Waals surface area (Å²) in [6, 6.07) is 3.51. The lowest BCUT2D eigenvalue weighted by molar-refractivity contribution is -0.181. The van der Waals surface area contributed by atoms with Crippen LogP contribution in [-0.2, 0) is 50.0 Å². The minimum Gasteiger partial charge on any atom is -0.493 e. The van der Waals surface area contributed by atoms with Crippen LogP contribution in [0.25, 0.3) is 0 Å². The van der Waals surface area contributed by atoms with E-state index >= 15 is 0 Å². The SMILES string of the molecule is COc1ccc2c3c1O[C@H]1C(OC(=O)C[C@H](OC(C)=O)C(=O)O[C@H](CC(=O)O)C(=O)O)=CC[C@@]4(O)[C@@H](C2)N(C)CC[C@]314. The first kappa shape index (κ1) is 29.3. The van der Waals surface area contributed by atoms with Crippen molar-refractivity contribution in [3.8, 4) is 11.5 Å². The second kappa shape index (κ2) is 10.6. The molecule has 0 saturated carbocycles. The van der Waals surface area contributed by atoms with Gasteiger partial charge in [0.05, 0.1) is 31.0 Å². The molecule has 1 fully saturated rings. The summed E-state index contributed by atoms with van der Waals surface area (Å²) in [6.45, 7) is 1.61. The molecule has 4 aliphatic rings. The Morgan fingerprint density at radius 2 is 1.86 bits per heavy atom. The van der Waals surface area contributed by atoms with Crippen LogP contribution in [0.3, 0.4) is 0 Å². The number of rotatable bonds is 10. The van der Waals surface area contributed by atoms with Crippen molar-refractivity contribution in [1.82, 2.24) is 4.90 Å². The normalized spacial score (nSPS) is 28.2. The fourth-order valence-corrected chi connectivity index (χ4v) is 6.84. The highest BCUT2D eigenvalue weighted by molar-refractivity contribution is 5.87. The van der Waals surface area contributed by atoms with Gasteiger partial charge in [0.1, 0.15) is 5.76 Å². The first-order chi connectivity index (χ1) is 19.8. The van der Waals surface area contributed by atoms with Gasteiger partial charge < -0.3 is 43.9 Å². The van der Waals surface area contributed by atoms with Gasteiger partial charge in [-0.25, -0.2) is 9.59 Å². The molecule has 2 bridgehead atoms. The Kier molecular flexibility index (Phi) is 7.39. The summed E-state index contributed by atoms with van der Waals surface area (Å²) >= 11 is 0. The van der Waals surface area contributed by atoms with Gasteiger partial charge in [0, 0.05) is 24.9 Å². The molecule has 2 aliphatic carbocycles. The Morgan fingerprint density at radius 1 is 1.12 bits per heavy atom. The number of hydrogen-bond donors (Lipinski definition) is 3. The molecule has 1 aromatic rings. The molecule has 42 heavy (non-hydrogen) atoms. The van der Waals surface area contributed by atoms with Crippen LogP contribution in [0.4, 0.5) is 0 Å². The van der Waals surface area contributed by atoms with Gasteiger partial charge >= 0.3 is 29.8 Å². The zero-order valence-corrected chi connectivity index (χ0v) is 23.2. The van der Waals surface area contributed by atoms with E-state index in [2.05, 4.69) is 4.90 Å². The molecular weight excluding hydrogens is 558 g/mol. The summed E-state index contributed by atoms with van der Waals surface area (Å²) < 4.78 is 27.3. The second-order valence-corrected chi connectivity index (χ2v) is 10.9. The molecule has 5 rings (SSSR count). The van der Waals surface area contributed by atoms with Gasteiger partial charge in [-0.3, -0.25) is 14.4 Å². The van der Waals surface area contributed by atoms with E-state index in [0.29, 0.717) is 30.9 Å². The minimum atomic E-state index is -2.07. The van der Waals surface area contributed by atoms with E-state index < -0.39 is 72.0 Å². The zero-order chi connectivity index (χ0) is 30.6. The van der Waals surface area contributed by atoms with Gasteiger partial charge in [-0.05, 0) is 44.1 Å². The fourth-order valence-electron chi connectivity index (χ4n) is 6.84. The monoisotopic (exact) mass is 589 g/mol. The quantitative estimate of drug-likeness (QED) is 0.249. The molecule has 3 N–H and O–H groups in total. The molecule has 14 nitrogen and oxygen atoms in total. The van der Waals surface area contributed by atoms with E-state index in [4.69, 9.17) is 28.8 Å². The molecule has 2 heterocycles. The number of hydrogen-bond acceptors (Lipinski definition) is 12. The Balaban J connectivity index is 1.41. The molecule has 0 aromatic heterocycles. The maximum Gasteiger partial charge on any atom is 0.348 e. The van der Waals surface area contributed by atoms with E-state index in [1.54, 1.807) is 12.1 Å². The number of carboxylic acid groups (broad SMARTS) is 2. The van der Waals surface area contributed by atoms with E-state index in [1.807, 2.05) is 13.1 Å². The number of aliphatic hydroxyl groups is 1. The average Bonchev–Trinajstić information content (AvgIpc) is 3.27. The van der Waals surface area contributed by atoms with Crippen LogP contribution in [0.5, 0.6) is 11.5 Å². The van der Waals surface area contributed by atoms with Crippen molar-refractivity contribution >= 4 is 29.8 Å². The van der Waals surface area contributed by atoms with Crippen molar-refractivity contribution in [1.29, 1.82) is 0 Å². The van der Waals surface area contributed by atoms with Crippen LogP contribution >= 0.6 is 0 Å². The van der Waals surface area contributed by atoms with E-state index in [0.717, 1.165) is 18.1 Å². The van der Waals surface area contributed by atoms with E-state index in [9.17, 15) is 34.2 Å². The van der Waals surface area contributed by atoms with Gasteiger partial charge in [-0.1, -0.05) is 6.07 Å². The summed E-state index contributed by atoms with van der Waals surface area (Å²) in [6.07, 6.45) is -3.98. The van der Waals surface area contributed by atoms with Crippen LogP contribution < -0.4 is 9.47 Å². The molecule has 1 spiro atoms. The molecule has 226 valence electrons. The number of ether oxygens (including phenoxy) is 5. The number of carbonyl (C=O) groups excluding carboxylic acids is 3. The standard InChI is InChI=1S/C28H31NO13/c1-13(30)39-18(26(36)41-17(25(34)35)11-20(31)32)12-21(33)40-16-6-7-28(37)19-10-14-4-5-15(38-3)23-22(14)27(28,24(16)42-23)8-9-29(19)2/h4-6,17-19,24,37H,7-12H2,1-3H3,(H,31,32)(H,34,35)/t17-,18+,19-,24+,27+,28-/m1/s1. The van der Waals surface area contributed by atoms with E-state index in [1.165, 1.54) is 7.11 Å². The van der Waals surface area contributed by atoms with Gasteiger partial charge in [-0.15, -0.1) is 0 Å². The molecule has 6 atom stereocenters. The summed E-state index contributed by atoms with van der Waals surface area (Å²) in [7, 11) is 3.46. The average molecular weight is 590 g/mol. The summed E-state index contributed by atoms with van der Waals surface area (Å²) in [5.41, 5.74) is -0.384. The summed E-state index contributed by atoms with van der Waals surface area (Å²) in [4.78, 5) is 61.8. The summed E-state index contributed by atoms with van der Waals surface area (Å²) in [5, 5.41) is 30.3. The third kappa shape index (κ3) is 4.54. The molecule has 14 heteroatoms. The number of methoxy groups -OCH3 is 1. The lowest BCUT2D eigenvalue weighted by Crippen LogP contribution is -2.74. The number of nitrogens with zero attached hydrogens (tertiary/aromatic N) is 1. The maximum absolute atomic E-state index is 13.1. The Hall–Kier alpha value is -4.17. The number of likely N-dealkylation sites (N-methyl/N-ethyl adjacent to an activating group) is 1. The summed E-state index contributed by atoms with van der Waals surface area (Å²) in [5.74, 6) is -5.66. The van der Waals surface area contributed by atoms with Gasteiger partial charge in [-0.2, -0.15) is 0 Å². The van der Waals surface area contributed by atoms with Crippen molar-refractivity contribution in [3.63, 3.8) is 0 Å². The van der Waals surface area contributed by atoms with Gasteiger partial charge in [0.2, 0.25) is 12.2 Å². The largest absolute Gasteiger partial charge is 0.493 e. The fraction of sp³-hybridized carbons (Fsp3) is 0.536. The predicted molar refractivity (Wildman–Crippen MR) is 138 cm³/mol. The van der Waals surface area contributed by atoms with Gasteiger partial charge in [0.15, 0.2) is 17.6 Å². The number of aliphatic carboxylic acids is 2. The van der Waals surface area contributed by atoms with Crippen molar-refractivity contribution < 1.29 is 63.0 Å². The molecule has 0 amide bonds. The van der Waals surface area contributed by atoms with Crippen molar-refractivity contribution in [2.24, 2.45) is 0 Å². The highest BCUT2D eigenvalue weighted by atomic mass is 16.6. The highest BCUT2D eigenvalue weighted by Crippen LogP contribution is 2.65. The Labute approximate surface area is 239 Å². The van der Waals surface area contributed by atoms with Gasteiger partial charge in [0.25, 0.3) is 0 Å². The maximum atomic E-state index is 13.1. The molecule has 1 aromatic carbocycles. The van der Waals surface area contributed by atoms with Crippen LogP contribution in [0.1, 0.15) is 43.7 Å². The number of likely N-dealkylation sites (tertiary alicyclic amines) is 1. The highest BCUT2D eigenvalue weighted by Gasteiger charge is 2.72. The smallest absolute Gasteiger partial charge is 0.348 e. The minimum absolute atomic E-state index is 0.100. The molecule has 0 unspecified atom stereocenters. The van der Waals surface area contributed by atoms with Crippen LogP contribution in [-0.4, -0.2) is 101 Å². The number of esters is 3. The number of carboxylic acids is 2. The Bertz CT molecular complexity index is 1390. The van der Waals surface area contributed by atoms with Crippen LogP contribution in [0, 0.1) is 0 Å². The second-order valence-electron chi connectivity index (χ2n) is 10.9. The first-order valence-corrected chi connectivity index (χ1v) is 13.3. The predicted octanol–water partition coefficient (Wildman–Crippen LogP) is 0.309. The third-order valence-electron chi connectivity index (χ3n) is 8.61. The number of piperidine rings is 1. The molecular formula is C28H31NO13. The molecule has 1 saturated heterocycles. The zero-order valence-electron chi connectivity index (χ0n) is 23.2. The lowest BCUT2D eigenvalue weighted by atomic mass is 9.50. The van der Waals surface area contributed by atoms with Crippen molar-refractivity contribution in [2.45, 2.75) is 74.4 Å². The van der Waals surface area contributed by atoms with Crippen molar-refractivity contribution in [3.05, 3.63) is 35.1 Å². The molecule has 2 aliphatic heterocycles. The lowest BCUT2D eigenvalue weighted by Gasteiger charge is -2.61. The number of benzene rings is 1. The van der Waals surface area contributed by atoms with E-state index in [-0.39, 0.29) is 18.2 Å². The van der Waals surface area contributed by atoms with Crippen LogP contribution in [0.2, 0.25) is 0 Å². The Morgan fingerprint density at radius 3 is 2.50 bits per heavy atom. The number of carbonyl (C=O) groups is 5. The molecule has 0 radical (unpaired) electrons. The third-order valence-corrected chi connectivity index (χ3v) is 8.61. The van der Waals surface area contributed by atoms with Crippen LogP contribution in [0.15, 0.2) is 24.0 Å². The van der Waals surface area contributed by atoms with Crippen molar-refractivity contribution in [2.75, 3.05) is 20.7 Å².